The molecule has 47 heavy (non-hydrogen) atoms. The Balaban J connectivity index is 1.15. The number of fused-ring (bicyclic) bond motifs is 3. The minimum Gasteiger partial charge on any atom is -0.139 e. The molecule has 0 bridgehead atoms. The standard InChI is InChI=1S/C42H60S5/c1-5-7-9-11-13-15-17-19-21-23-25-33-27-31(3)43-39(33)35-29-37-41(46-35)42-38(45-37)30-36(47-42)40-34(28-32(4)44-40)26-24-22-20-18-16-14-12-10-8-6-2/h27-30H,5-26H2,1-4H3. The fourth-order valence-electron chi connectivity index (χ4n) is 7.09. The van der Waals surface area contributed by atoms with Crippen molar-refractivity contribution in [3.63, 3.8) is 0 Å². The molecule has 0 spiro atoms. The van der Waals surface area contributed by atoms with Crippen molar-refractivity contribution in [1.82, 2.24) is 0 Å². The largest absolute Gasteiger partial charge is 0.139 e. The van der Waals surface area contributed by atoms with Gasteiger partial charge in [-0.3, -0.25) is 0 Å². The van der Waals surface area contributed by atoms with Crippen molar-refractivity contribution >= 4 is 75.5 Å². The van der Waals surface area contributed by atoms with Crippen molar-refractivity contribution in [2.24, 2.45) is 0 Å². The lowest BCUT2D eigenvalue weighted by atomic mass is 10.0. The van der Waals surface area contributed by atoms with E-state index in [0.717, 1.165) is 0 Å². The predicted octanol–water partition coefficient (Wildman–Crippen LogP) is 17.2. The summed E-state index contributed by atoms with van der Waals surface area (Å²) in [5, 5.41) is 0. The summed E-state index contributed by atoms with van der Waals surface area (Å²) in [5.41, 5.74) is 3.18. The van der Waals surface area contributed by atoms with Crippen LogP contribution in [0.2, 0.25) is 0 Å². The Bertz CT molecular complexity index is 1480. The summed E-state index contributed by atoms with van der Waals surface area (Å²) in [6, 6.07) is 9.98. The highest BCUT2D eigenvalue weighted by atomic mass is 32.1. The molecule has 0 aliphatic heterocycles. The zero-order valence-electron chi connectivity index (χ0n) is 29.9. The van der Waals surface area contributed by atoms with Gasteiger partial charge in [0.25, 0.3) is 0 Å². The fraction of sp³-hybridized carbons (Fsp3) is 0.619. The van der Waals surface area contributed by atoms with E-state index in [0.29, 0.717) is 0 Å². The van der Waals surface area contributed by atoms with Crippen molar-refractivity contribution < 1.29 is 0 Å². The molecule has 0 aliphatic rings. The van der Waals surface area contributed by atoms with Gasteiger partial charge in [-0.1, -0.05) is 129 Å². The molecule has 0 atom stereocenters. The summed E-state index contributed by atoms with van der Waals surface area (Å²) in [5.74, 6) is 0. The molecule has 5 aromatic heterocycles. The second-order valence-corrected chi connectivity index (χ2v) is 19.7. The lowest BCUT2D eigenvalue weighted by Crippen LogP contribution is -1.86. The van der Waals surface area contributed by atoms with Crippen LogP contribution in [0.25, 0.3) is 38.3 Å². The molecule has 0 fully saturated rings. The maximum absolute atomic E-state index is 2.51. The van der Waals surface area contributed by atoms with Crippen LogP contribution in [-0.2, 0) is 12.8 Å². The van der Waals surface area contributed by atoms with Gasteiger partial charge in [0, 0.05) is 38.7 Å². The minimum absolute atomic E-state index is 1.24. The van der Waals surface area contributed by atoms with Crippen molar-refractivity contribution in [2.75, 3.05) is 0 Å². The minimum atomic E-state index is 1.24. The lowest BCUT2D eigenvalue weighted by molar-refractivity contribution is 0.556. The van der Waals surface area contributed by atoms with Gasteiger partial charge in [0.05, 0.1) is 9.40 Å². The Morgan fingerprint density at radius 1 is 0.383 bits per heavy atom. The Morgan fingerprint density at radius 2 is 0.723 bits per heavy atom. The van der Waals surface area contributed by atoms with Gasteiger partial charge >= 0.3 is 0 Å². The molecule has 0 nitrogen and oxygen atoms in total. The van der Waals surface area contributed by atoms with Crippen LogP contribution in [0.15, 0.2) is 24.3 Å². The molecular formula is C42H60S5. The van der Waals surface area contributed by atoms with E-state index in [-0.39, 0.29) is 0 Å². The van der Waals surface area contributed by atoms with Crippen molar-refractivity contribution in [1.29, 1.82) is 0 Å². The third kappa shape index (κ3) is 11.0. The van der Waals surface area contributed by atoms with Crippen LogP contribution >= 0.6 is 56.7 Å². The highest BCUT2D eigenvalue weighted by molar-refractivity contribution is 7.41. The zero-order valence-corrected chi connectivity index (χ0v) is 34.0. The van der Waals surface area contributed by atoms with E-state index in [1.807, 2.05) is 34.0 Å². The third-order valence-electron chi connectivity index (χ3n) is 9.73. The maximum Gasteiger partial charge on any atom is 0.0636 e. The first-order valence-electron chi connectivity index (χ1n) is 19.2. The lowest BCUT2D eigenvalue weighted by Gasteiger charge is -2.04. The van der Waals surface area contributed by atoms with Crippen LogP contribution in [0.1, 0.15) is 163 Å². The van der Waals surface area contributed by atoms with Gasteiger partial charge in [0.2, 0.25) is 0 Å². The molecule has 0 radical (unpaired) electrons. The normalized spacial score (nSPS) is 12.0. The summed E-state index contributed by atoms with van der Waals surface area (Å²) in [4.78, 5) is 9.01. The first kappa shape index (κ1) is 37.3. The van der Waals surface area contributed by atoms with Crippen LogP contribution in [0, 0.1) is 13.8 Å². The number of unbranched alkanes of at least 4 members (excludes halogenated alkanes) is 18. The molecule has 5 heteroatoms. The van der Waals surface area contributed by atoms with Crippen LogP contribution in [0.3, 0.4) is 0 Å². The average molecular weight is 725 g/mol. The first-order chi connectivity index (χ1) is 23.1. The SMILES string of the molecule is CCCCCCCCCCCCc1cc(C)sc1-c1cc2sc3cc(-c4sc(C)cc4CCCCCCCCCCCC)sc3c2s1. The molecule has 258 valence electrons. The molecule has 0 N–H and O–H groups in total. The Morgan fingerprint density at radius 3 is 1.09 bits per heavy atom. The van der Waals surface area contributed by atoms with Gasteiger partial charge in [-0.2, -0.15) is 0 Å². The fourth-order valence-corrected chi connectivity index (χ4v) is 13.5. The average Bonchev–Trinajstić information content (AvgIpc) is 3.87. The van der Waals surface area contributed by atoms with Gasteiger partial charge in [0.1, 0.15) is 0 Å². The van der Waals surface area contributed by atoms with Crippen LogP contribution in [0.5, 0.6) is 0 Å². The van der Waals surface area contributed by atoms with Crippen molar-refractivity contribution in [3.05, 3.63) is 45.1 Å². The van der Waals surface area contributed by atoms with Crippen LogP contribution in [0.4, 0.5) is 0 Å². The van der Waals surface area contributed by atoms with Crippen molar-refractivity contribution in [2.45, 2.75) is 169 Å². The van der Waals surface area contributed by atoms with E-state index >= 15 is 0 Å². The quantitative estimate of drug-likeness (QED) is 0.0556. The molecule has 0 amide bonds. The maximum atomic E-state index is 2.51. The van der Waals surface area contributed by atoms with E-state index in [4.69, 9.17) is 0 Å². The van der Waals surface area contributed by atoms with Gasteiger partial charge in [-0.15, -0.1) is 56.7 Å². The second kappa shape index (κ2) is 20.0. The molecular weight excluding hydrogens is 665 g/mol. The third-order valence-corrected chi connectivity index (χ3v) is 16.1. The number of aryl methyl sites for hydroxylation is 4. The first-order valence-corrected chi connectivity index (χ1v) is 23.3. The van der Waals surface area contributed by atoms with Gasteiger partial charge in [0.15, 0.2) is 0 Å². The predicted molar refractivity (Wildman–Crippen MR) is 222 cm³/mol. The summed E-state index contributed by atoms with van der Waals surface area (Å²) < 4.78 is 6.02. The zero-order chi connectivity index (χ0) is 32.8. The van der Waals surface area contributed by atoms with Gasteiger partial charge in [-0.05, 0) is 74.9 Å². The molecule has 0 aromatic carbocycles. The van der Waals surface area contributed by atoms with E-state index in [9.17, 15) is 0 Å². The highest BCUT2D eigenvalue weighted by Crippen LogP contribution is 2.50. The van der Waals surface area contributed by atoms with Crippen LogP contribution < -0.4 is 0 Å². The molecule has 5 rings (SSSR count). The van der Waals surface area contributed by atoms with E-state index in [1.165, 1.54) is 180 Å². The number of rotatable bonds is 24. The molecule has 5 heterocycles. The van der Waals surface area contributed by atoms with E-state index in [1.54, 1.807) is 20.9 Å². The molecule has 5 aromatic rings. The Kier molecular flexibility index (Phi) is 15.9. The molecule has 0 saturated carbocycles. The van der Waals surface area contributed by atoms with E-state index < -0.39 is 0 Å². The molecule has 0 unspecified atom stereocenters. The second-order valence-electron chi connectivity index (χ2n) is 14.0. The summed E-state index contributed by atoms with van der Waals surface area (Å²) >= 11 is 10.2. The Hall–Kier alpha value is -0.980. The number of thiophene rings is 5. The van der Waals surface area contributed by atoms with Gasteiger partial charge in [-0.25, -0.2) is 0 Å². The number of hydrogen-bond donors (Lipinski definition) is 0. The summed E-state index contributed by atoms with van der Waals surface area (Å²) in [6.45, 7) is 9.21. The molecule has 0 saturated heterocycles. The highest BCUT2D eigenvalue weighted by Gasteiger charge is 2.19. The van der Waals surface area contributed by atoms with E-state index in [2.05, 4.69) is 74.6 Å². The van der Waals surface area contributed by atoms with Gasteiger partial charge < -0.3 is 0 Å². The van der Waals surface area contributed by atoms with Crippen molar-refractivity contribution in [3.8, 4) is 19.5 Å². The summed E-state index contributed by atoms with van der Waals surface area (Å²) in [6.07, 6.45) is 30.6. The smallest absolute Gasteiger partial charge is 0.0636 e. The number of hydrogen-bond acceptors (Lipinski definition) is 5. The molecule has 0 aliphatic carbocycles. The van der Waals surface area contributed by atoms with Crippen LogP contribution in [-0.4, -0.2) is 0 Å². The topological polar surface area (TPSA) is 0 Å². The monoisotopic (exact) mass is 724 g/mol. The Labute approximate surface area is 307 Å². The summed E-state index contributed by atoms with van der Waals surface area (Å²) in [7, 11) is 0.